The van der Waals surface area contributed by atoms with Crippen LogP contribution >= 0.6 is 0 Å². The molecule has 1 unspecified atom stereocenters. The molecule has 0 radical (unpaired) electrons. The number of aromatic nitrogens is 3. The van der Waals surface area contributed by atoms with Crippen LogP contribution < -0.4 is 4.90 Å². The van der Waals surface area contributed by atoms with Crippen LogP contribution in [0.15, 0.2) is 29.3 Å². The lowest BCUT2D eigenvalue weighted by atomic mass is 10.2. The third kappa shape index (κ3) is 2.99. The Morgan fingerprint density at radius 3 is 3.05 bits per heavy atom. The van der Waals surface area contributed by atoms with E-state index in [1.54, 1.807) is 23.4 Å². The van der Waals surface area contributed by atoms with Crippen LogP contribution in [0.25, 0.3) is 0 Å². The summed E-state index contributed by atoms with van der Waals surface area (Å²) >= 11 is 0. The fraction of sp³-hybridized carbons (Fsp3) is 0.467. The van der Waals surface area contributed by atoms with Gasteiger partial charge in [0.15, 0.2) is 6.39 Å². The van der Waals surface area contributed by atoms with Crippen molar-refractivity contribution in [3.05, 3.63) is 36.3 Å². The Bertz CT molecular complexity index is 623. The molecule has 0 aromatic carbocycles. The number of hydrogen-bond acceptors (Lipinski definition) is 6. The summed E-state index contributed by atoms with van der Waals surface area (Å²) in [6, 6.07) is 1.75. The van der Waals surface area contributed by atoms with Gasteiger partial charge in [-0.05, 0) is 25.3 Å². The van der Waals surface area contributed by atoms with Gasteiger partial charge >= 0.3 is 0 Å². The number of rotatable bonds is 5. The quantitative estimate of drug-likeness (QED) is 0.838. The molecule has 1 atom stereocenters. The normalized spacial score (nSPS) is 17.6. The van der Waals surface area contributed by atoms with E-state index in [-0.39, 0.29) is 17.8 Å². The molecule has 1 amide bonds. The smallest absolute Gasteiger partial charge is 0.296 e. The number of anilines is 1. The van der Waals surface area contributed by atoms with Gasteiger partial charge in [-0.3, -0.25) is 4.79 Å². The maximum Gasteiger partial charge on any atom is 0.296 e. The summed E-state index contributed by atoms with van der Waals surface area (Å²) in [6.07, 6.45) is 7.07. The molecule has 1 fully saturated rings. The number of amides is 1. The first-order valence-electron chi connectivity index (χ1n) is 7.42. The van der Waals surface area contributed by atoms with E-state index in [0.717, 1.165) is 19.4 Å². The van der Waals surface area contributed by atoms with Crippen LogP contribution in [0.2, 0.25) is 0 Å². The third-order valence-electron chi connectivity index (χ3n) is 3.71. The van der Waals surface area contributed by atoms with Gasteiger partial charge in [-0.15, -0.1) is 0 Å². The molecule has 0 aliphatic carbocycles. The van der Waals surface area contributed by atoms with Gasteiger partial charge in [0.2, 0.25) is 5.76 Å². The SMILES string of the molecule is CCc1ncoc1C(=O)N(CC1CCCO1)c1ccnnc1. The molecule has 116 valence electrons. The minimum atomic E-state index is -0.224. The van der Waals surface area contributed by atoms with E-state index in [4.69, 9.17) is 9.15 Å². The van der Waals surface area contributed by atoms with Gasteiger partial charge in [-0.2, -0.15) is 10.2 Å². The molecule has 0 spiro atoms. The molecule has 22 heavy (non-hydrogen) atoms. The summed E-state index contributed by atoms with van der Waals surface area (Å²) in [5.41, 5.74) is 1.33. The molecule has 3 heterocycles. The Hall–Kier alpha value is -2.28. The van der Waals surface area contributed by atoms with Crippen molar-refractivity contribution in [2.24, 2.45) is 0 Å². The topological polar surface area (TPSA) is 81.4 Å². The molecule has 1 aliphatic heterocycles. The summed E-state index contributed by atoms with van der Waals surface area (Å²) < 4.78 is 11.0. The van der Waals surface area contributed by atoms with Crippen LogP contribution in [0.4, 0.5) is 5.69 Å². The number of carbonyl (C=O) groups excluding carboxylic acids is 1. The van der Waals surface area contributed by atoms with Crippen molar-refractivity contribution in [2.75, 3.05) is 18.1 Å². The molecule has 1 saturated heterocycles. The molecule has 1 aliphatic rings. The first-order valence-corrected chi connectivity index (χ1v) is 7.42. The van der Waals surface area contributed by atoms with E-state index in [0.29, 0.717) is 24.3 Å². The highest BCUT2D eigenvalue weighted by molar-refractivity contribution is 6.04. The standard InChI is InChI=1S/C15H18N4O3/c1-2-13-14(22-10-16-13)15(20)19(9-12-4-3-7-21-12)11-5-6-17-18-8-11/h5-6,8,10,12H,2-4,7,9H2,1H3. The summed E-state index contributed by atoms with van der Waals surface area (Å²) in [5, 5.41) is 7.62. The molecule has 7 nitrogen and oxygen atoms in total. The summed E-state index contributed by atoms with van der Waals surface area (Å²) in [4.78, 5) is 18.6. The second-order valence-electron chi connectivity index (χ2n) is 5.13. The fourth-order valence-electron chi connectivity index (χ4n) is 2.56. The molecule has 7 heteroatoms. The number of ether oxygens (including phenoxy) is 1. The molecule has 0 bridgehead atoms. The molecular weight excluding hydrogens is 284 g/mol. The minimum absolute atomic E-state index is 0.0325. The lowest BCUT2D eigenvalue weighted by Crippen LogP contribution is -2.37. The highest BCUT2D eigenvalue weighted by Gasteiger charge is 2.28. The maximum atomic E-state index is 12.9. The van der Waals surface area contributed by atoms with Crippen molar-refractivity contribution < 1.29 is 13.9 Å². The Morgan fingerprint density at radius 1 is 1.45 bits per heavy atom. The third-order valence-corrected chi connectivity index (χ3v) is 3.71. The monoisotopic (exact) mass is 302 g/mol. The molecular formula is C15H18N4O3. The second-order valence-corrected chi connectivity index (χ2v) is 5.13. The van der Waals surface area contributed by atoms with Gasteiger partial charge in [-0.1, -0.05) is 6.92 Å². The average Bonchev–Trinajstić information content (AvgIpc) is 3.24. The molecule has 0 saturated carbocycles. The number of carbonyl (C=O) groups is 1. The van der Waals surface area contributed by atoms with Gasteiger partial charge in [0.05, 0.1) is 36.4 Å². The zero-order valence-electron chi connectivity index (χ0n) is 12.4. The van der Waals surface area contributed by atoms with Gasteiger partial charge in [0, 0.05) is 6.61 Å². The van der Waals surface area contributed by atoms with Crippen molar-refractivity contribution in [3.8, 4) is 0 Å². The van der Waals surface area contributed by atoms with E-state index >= 15 is 0 Å². The Labute approximate surface area is 128 Å². The first kappa shape index (κ1) is 14.6. The number of aryl methyl sites for hydroxylation is 1. The fourth-order valence-corrected chi connectivity index (χ4v) is 2.56. The average molecular weight is 302 g/mol. The molecule has 0 N–H and O–H groups in total. The van der Waals surface area contributed by atoms with Crippen LogP contribution in [-0.4, -0.2) is 40.3 Å². The summed E-state index contributed by atoms with van der Waals surface area (Å²) in [7, 11) is 0. The van der Waals surface area contributed by atoms with Crippen LogP contribution in [0, 0.1) is 0 Å². The highest BCUT2D eigenvalue weighted by atomic mass is 16.5. The van der Waals surface area contributed by atoms with Gasteiger partial charge in [0.25, 0.3) is 5.91 Å². The zero-order chi connectivity index (χ0) is 15.4. The van der Waals surface area contributed by atoms with Crippen molar-refractivity contribution >= 4 is 11.6 Å². The lowest BCUT2D eigenvalue weighted by Gasteiger charge is -2.24. The predicted molar refractivity (Wildman–Crippen MR) is 78.6 cm³/mol. The Kier molecular flexibility index (Phi) is 4.43. The van der Waals surface area contributed by atoms with E-state index < -0.39 is 0 Å². The van der Waals surface area contributed by atoms with Crippen LogP contribution in [0.3, 0.4) is 0 Å². The van der Waals surface area contributed by atoms with Gasteiger partial charge in [-0.25, -0.2) is 4.98 Å². The lowest BCUT2D eigenvalue weighted by molar-refractivity contribution is 0.0893. The van der Waals surface area contributed by atoms with E-state index in [1.807, 2.05) is 6.92 Å². The van der Waals surface area contributed by atoms with Crippen molar-refractivity contribution in [1.29, 1.82) is 0 Å². The number of nitrogens with zero attached hydrogens (tertiary/aromatic N) is 4. The molecule has 3 rings (SSSR count). The van der Waals surface area contributed by atoms with Crippen LogP contribution in [0.5, 0.6) is 0 Å². The van der Waals surface area contributed by atoms with E-state index in [2.05, 4.69) is 15.2 Å². The van der Waals surface area contributed by atoms with E-state index in [9.17, 15) is 4.79 Å². The van der Waals surface area contributed by atoms with Crippen molar-refractivity contribution in [1.82, 2.24) is 15.2 Å². The summed E-state index contributed by atoms with van der Waals surface area (Å²) in [6.45, 7) is 3.14. The van der Waals surface area contributed by atoms with Gasteiger partial charge < -0.3 is 14.1 Å². The number of oxazole rings is 1. The van der Waals surface area contributed by atoms with Crippen molar-refractivity contribution in [3.63, 3.8) is 0 Å². The highest BCUT2D eigenvalue weighted by Crippen LogP contribution is 2.21. The van der Waals surface area contributed by atoms with Crippen LogP contribution in [0.1, 0.15) is 36.0 Å². The van der Waals surface area contributed by atoms with Crippen LogP contribution in [-0.2, 0) is 11.2 Å². The van der Waals surface area contributed by atoms with Crippen molar-refractivity contribution in [2.45, 2.75) is 32.3 Å². The van der Waals surface area contributed by atoms with E-state index in [1.165, 1.54) is 6.39 Å². The largest absolute Gasteiger partial charge is 0.438 e. The molecule has 2 aromatic rings. The Morgan fingerprint density at radius 2 is 2.36 bits per heavy atom. The maximum absolute atomic E-state index is 12.9. The number of hydrogen-bond donors (Lipinski definition) is 0. The minimum Gasteiger partial charge on any atom is -0.438 e. The second kappa shape index (κ2) is 6.65. The Balaban J connectivity index is 1.88. The zero-order valence-corrected chi connectivity index (χ0v) is 12.4. The van der Waals surface area contributed by atoms with Gasteiger partial charge in [0.1, 0.15) is 0 Å². The first-order chi connectivity index (χ1) is 10.8. The summed E-state index contributed by atoms with van der Waals surface area (Å²) in [5.74, 6) is 0.0511. The predicted octanol–water partition coefficient (Wildman–Crippen LogP) is 1.85. The molecule has 2 aromatic heterocycles.